The van der Waals surface area contributed by atoms with Crippen LogP contribution >= 0.6 is 0 Å². The second-order valence-electron chi connectivity index (χ2n) is 3.52. The number of aromatic nitrogens is 2. The van der Waals surface area contributed by atoms with Gasteiger partial charge in [0.25, 0.3) is 11.9 Å². The largest absolute Gasteiger partial charge is 0.428 e. The number of rotatable bonds is 1. The molecule has 0 aromatic carbocycles. The molecule has 0 saturated heterocycles. The number of hydrogen-bond acceptors (Lipinski definition) is 2. The summed E-state index contributed by atoms with van der Waals surface area (Å²) in [4.78, 5) is 11.3. The van der Waals surface area contributed by atoms with Crippen LogP contribution in [0.2, 0.25) is 0 Å². The molecule has 1 heterocycles. The fourth-order valence-corrected chi connectivity index (χ4v) is 1.17. The molecule has 0 fully saturated rings. The van der Waals surface area contributed by atoms with Crippen LogP contribution < -0.4 is 4.43 Å². The van der Waals surface area contributed by atoms with Gasteiger partial charge in [-0.3, -0.25) is 0 Å². The van der Waals surface area contributed by atoms with Gasteiger partial charge in [-0.25, -0.2) is 0 Å². The fraction of sp³-hybridized carbons (Fsp3) is 0.556. The molecule has 4 nitrogen and oxygen atoms in total. The Labute approximate surface area is 77.0 Å². The summed E-state index contributed by atoms with van der Waals surface area (Å²) in [7, 11) is 0. The Morgan fingerprint density at radius 3 is 2.46 bits per heavy atom. The summed E-state index contributed by atoms with van der Waals surface area (Å²) in [6.07, 6.45) is 1.41. The van der Waals surface area contributed by atoms with Gasteiger partial charge < -0.3 is 5.21 Å². The van der Waals surface area contributed by atoms with E-state index in [1.165, 1.54) is 6.20 Å². The third kappa shape index (κ3) is 1.56. The molecule has 1 rings (SSSR count). The molecule has 1 N–H and O–H groups in total. The molecule has 4 heteroatoms. The van der Waals surface area contributed by atoms with Gasteiger partial charge >= 0.3 is 0 Å². The lowest BCUT2D eigenvalue weighted by molar-refractivity contribution is -0.505. The van der Waals surface area contributed by atoms with Crippen molar-refractivity contribution in [3.8, 4) is 0 Å². The van der Waals surface area contributed by atoms with E-state index in [0.29, 0.717) is 17.1 Å². The zero-order valence-electron chi connectivity index (χ0n) is 8.40. The predicted molar refractivity (Wildman–Crippen MR) is 48.5 cm³/mol. The van der Waals surface area contributed by atoms with E-state index in [4.69, 9.17) is 0 Å². The maximum absolute atomic E-state index is 11.3. The van der Waals surface area contributed by atoms with E-state index in [1.54, 1.807) is 13.8 Å². The van der Waals surface area contributed by atoms with Crippen LogP contribution in [-0.4, -0.2) is 9.94 Å². The van der Waals surface area contributed by atoms with Crippen molar-refractivity contribution in [2.75, 3.05) is 0 Å². The van der Waals surface area contributed by atoms with Gasteiger partial charge in [-0.2, -0.15) is 4.73 Å². The highest BCUT2D eigenvalue weighted by molar-refractivity contribution is 5.09. The molecule has 0 bridgehead atoms. The summed E-state index contributed by atoms with van der Waals surface area (Å²) in [5, 5.41) is 9.64. The summed E-state index contributed by atoms with van der Waals surface area (Å²) < 4.78 is 1.87. The van der Waals surface area contributed by atoms with Crippen molar-refractivity contribution in [2.24, 2.45) is 0 Å². The Bertz CT molecular complexity index is 380. The van der Waals surface area contributed by atoms with Crippen molar-refractivity contribution < 1.29 is 9.63 Å². The monoisotopic (exact) mass is 183 g/mol. The molecule has 0 unspecified atom stereocenters. The average molecular weight is 183 g/mol. The van der Waals surface area contributed by atoms with Crippen LogP contribution in [0.4, 0.5) is 0 Å². The van der Waals surface area contributed by atoms with Crippen molar-refractivity contribution in [2.45, 2.75) is 33.6 Å². The van der Waals surface area contributed by atoms with E-state index >= 15 is 0 Å². The fourth-order valence-electron chi connectivity index (χ4n) is 1.17. The number of hydrogen-bond donors (Lipinski definition) is 1. The van der Waals surface area contributed by atoms with E-state index in [-0.39, 0.29) is 5.92 Å². The van der Waals surface area contributed by atoms with Gasteiger partial charge in [-0.15, -0.1) is 0 Å². The SMILES string of the molecule is Cc1c(C)[n+](=O)cc(C(C)C)n1O. The standard InChI is InChI=1S/C9H15N2O2/c1-6(2)9-5-10(12)7(3)8(4)11(9)13/h5-6,13H,1-4H3/q+1. The first-order valence-electron chi connectivity index (χ1n) is 4.29. The first-order valence-corrected chi connectivity index (χ1v) is 4.29. The van der Waals surface area contributed by atoms with Crippen LogP contribution in [0.25, 0.3) is 0 Å². The van der Waals surface area contributed by atoms with E-state index in [2.05, 4.69) is 0 Å². The van der Waals surface area contributed by atoms with Gasteiger partial charge in [0.15, 0.2) is 0 Å². The topological polar surface area (TPSA) is 48.1 Å². The first-order chi connectivity index (χ1) is 5.95. The van der Waals surface area contributed by atoms with Crippen molar-refractivity contribution in [3.05, 3.63) is 28.2 Å². The maximum atomic E-state index is 11.3. The molecule has 0 spiro atoms. The van der Waals surface area contributed by atoms with Gasteiger partial charge in [-0.1, -0.05) is 13.8 Å². The smallest absolute Gasteiger partial charge is 0.259 e. The zero-order chi connectivity index (χ0) is 10.2. The van der Waals surface area contributed by atoms with Crippen molar-refractivity contribution in [1.82, 2.24) is 4.73 Å². The van der Waals surface area contributed by atoms with Crippen molar-refractivity contribution >= 4 is 0 Å². The van der Waals surface area contributed by atoms with Gasteiger partial charge in [0, 0.05) is 17.7 Å². The second-order valence-corrected chi connectivity index (χ2v) is 3.52. The van der Waals surface area contributed by atoms with Gasteiger partial charge in [0.2, 0.25) is 0 Å². The molecule has 0 aliphatic carbocycles. The predicted octanol–water partition coefficient (Wildman–Crippen LogP) is 1.38. The summed E-state index contributed by atoms with van der Waals surface area (Å²) >= 11 is 0. The summed E-state index contributed by atoms with van der Waals surface area (Å²) in [6, 6.07) is 0. The molecule has 0 saturated carbocycles. The molecule has 1 aromatic rings. The Balaban J connectivity index is 3.50. The van der Waals surface area contributed by atoms with Crippen LogP contribution in [0.1, 0.15) is 36.8 Å². The van der Waals surface area contributed by atoms with Crippen molar-refractivity contribution in [3.63, 3.8) is 0 Å². The Hall–Kier alpha value is -1.32. The zero-order valence-corrected chi connectivity index (χ0v) is 8.40. The third-order valence-corrected chi connectivity index (χ3v) is 2.26. The molecule has 13 heavy (non-hydrogen) atoms. The van der Waals surface area contributed by atoms with Crippen molar-refractivity contribution in [1.29, 1.82) is 0 Å². The minimum absolute atomic E-state index is 0.129. The van der Waals surface area contributed by atoms with E-state index in [9.17, 15) is 10.1 Å². The Morgan fingerprint density at radius 1 is 1.46 bits per heavy atom. The average Bonchev–Trinajstić information content (AvgIpc) is 2.07. The molecular weight excluding hydrogens is 168 g/mol. The minimum Gasteiger partial charge on any atom is -0.428 e. The Kier molecular flexibility index (Phi) is 2.40. The highest BCUT2D eigenvalue weighted by Crippen LogP contribution is 2.13. The summed E-state index contributed by atoms with van der Waals surface area (Å²) in [5.74, 6) is 0.129. The molecule has 0 radical (unpaired) electrons. The third-order valence-electron chi connectivity index (χ3n) is 2.26. The van der Waals surface area contributed by atoms with Gasteiger partial charge in [-0.05, 0) is 6.92 Å². The summed E-state index contributed by atoms with van der Waals surface area (Å²) in [5.41, 5.74) is 1.73. The molecule has 0 aliphatic heterocycles. The van der Waals surface area contributed by atoms with Crippen LogP contribution in [0.15, 0.2) is 6.20 Å². The highest BCUT2D eigenvalue weighted by Gasteiger charge is 2.17. The lowest BCUT2D eigenvalue weighted by Gasteiger charge is -2.09. The Morgan fingerprint density at radius 2 is 2.00 bits per heavy atom. The van der Waals surface area contributed by atoms with Crippen LogP contribution in [0, 0.1) is 18.8 Å². The lowest BCUT2D eigenvalue weighted by atomic mass is 10.1. The van der Waals surface area contributed by atoms with Gasteiger partial charge in [0.05, 0.1) is 4.43 Å². The molecule has 0 aliphatic rings. The van der Waals surface area contributed by atoms with E-state index in [1.807, 2.05) is 13.8 Å². The normalized spacial score (nSPS) is 10.8. The molecule has 72 valence electrons. The number of nitrogens with zero attached hydrogens (tertiary/aromatic N) is 2. The second kappa shape index (κ2) is 3.20. The van der Waals surface area contributed by atoms with Crippen LogP contribution in [0.3, 0.4) is 0 Å². The quantitative estimate of drug-likeness (QED) is 0.528. The molecule has 0 atom stereocenters. The van der Waals surface area contributed by atoms with Crippen LogP contribution in [0.5, 0.6) is 0 Å². The summed E-state index contributed by atoms with van der Waals surface area (Å²) in [6.45, 7) is 7.25. The minimum atomic E-state index is 0.129. The van der Waals surface area contributed by atoms with E-state index in [0.717, 1.165) is 9.16 Å². The van der Waals surface area contributed by atoms with Gasteiger partial charge in [0.1, 0.15) is 11.4 Å². The lowest BCUT2D eigenvalue weighted by Crippen LogP contribution is -2.26. The molecule has 1 aromatic heterocycles. The molecule has 0 amide bonds. The highest BCUT2D eigenvalue weighted by atomic mass is 16.5. The van der Waals surface area contributed by atoms with E-state index < -0.39 is 0 Å². The maximum Gasteiger partial charge on any atom is 0.259 e. The van der Waals surface area contributed by atoms with Crippen LogP contribution in [-0.2, 0) is 0 Å². The molecular formula is C9H15N2O2+. The first kappa shape index (κ1) is 9.77.